The number of amides is 1. The first-order chi connectivity index (χ1) is 16.0. The Hall–Kier alpha value is -2.81. The lowest BCUT2D eigenvalue weighted by Gasteiger charge is -2.31. The number of hydrogen-bond donors (Lipinski definition) is 1. The summed E-state index contributed by atoms with van der Waals surface area (Å²) in [5, 5.41) is 18.3. The maximum Gasteiger partial charge on any atom is 0.417 e. The van der Waals surface area contributed by atoms with Gasteiger partial charge in [0.05, 0.1) is 27.8 Å². The van der Waals surface area contributed by atoms with Crippen molar-refractivity contribution < 1.29 is 27.8 Å². The zero-order chi connectivity index (χ0) is 24.8. The summed E-state index contributed by atoms with van der Waals surface area (Å²) in [5.74, 6) is 0.827. The summed E-state index contributed by atoms with van der Waals surface area (Å²) in [6.07, 6.45) is -4.34. The maximum atomic E-state index is 13.5. The maximum absolute atomic E-state index is 13.5. The van der Waals surface area contributed by atoms with Crippen LogP contribution in [0.3, 0.4) is 0 Å². The molecule has 2 aliphatic rings. The van der Waals surface area contributed by atoms with Crippen LogP contribution >= 0.6 is 24.0 Å². The van der Waals surface area contributed by atoms with Crippen molar-refractivity contribution in [1.82, 2.24) is 0 Å². The van der Waals surface area contributed by atoms with Crippen LogP contribution in [0.1, 0.15) is 31.4 Å². The first-order valence-corrected chi connectivity index (χ1v) is 11.7. The Kier molecular flexibility index (Phi) is 6.27. The molecular weight excluding hydrogens is 487 g/mol. The number of benzene rings is 2. The fraction of sp³-hybridized carbons (Fsp3) is 0.348. The molecule has 0 unspecified atom stereocenters. The molecule has 2 aliphatic heterocycles. The van der Waals surface area contributed by atoms with Gasteiger partial charge in [0.2, 0.25) is 0 Å². The van der Waals surface area contributed by atoms with Gasteiger partial charge in [-0.05, 0) is 62.5 Å². The molecule has 4 rings (SSSR count). The summed E-state index contributed by atoms with van der Waals surface area (Å²) in [7, 11) is 0. The Labute approximate surface area is 203 Å². The van der Waals surface area contributed by atoms with Gasteiger partial charge in [-0.3, -0.25) is 9.69 Å². The lowest BCUT2D eigenvalue weighted by molar-refractivity contribution is -0.137. The summed E-state index contributed by atoms with van der Waals surface area (Å²) < 4.78 is 46.4. The van der Waals surface area contributed by atoms with Gasteiger partial charge in [0.25, 0.3) is 5.91 Å². The molecule has 0 saturated carbocycles. The van der Waals surface area contributed by atoms with E-state index in [2.05, 4.69) is 0 Å². The number of anilines is 2. The SMILES string of the molecule is CC1(C)C(=O)N(c2ccc(C#N)c(C(F)(F)F)c2)C(=S)N1c1ccc2c(c1)SC[C@H](CCO)O2. The number of carbonyl (C=O) groups excluding carboxylic acids is 1. The zero-order valence-corrected chi connectivity index (χ0v) is 19.9. The predicted octanol–water partition coefficient (Wildman–Crippen LogP) is 4.73. The van der Waals surface area contributed by atoms with Crippen molar-refractivity contribution in [3.63, 3.8) is 0 Å². The highest BCUT2D eigenvalue weighted by molar-refractivity contribution is 7.99. The second-order valence-electron chi connectivity index (χ2n) is 8.35. The van der Waals surface area contributed by atoms with Gasteiger partial charge in [-0.15, -0.1) is 11.8 Å². The minimum absolute atomic E-state index is 0.0260. The highest BCUT2D eigenvalue weighted by atomic mass is 32.2. The predicted molar refractivity (Wildman–Crippen MR) is 126 cm³/mol. The van der Waals surface area contributed by atoms with E-state index in [1.54, 1.807) is 42.6 Å². The van der Waals surface area contributed by atoms with E-state index in [0.717, 1.165) is 21.9 Å². The molecule has 1 N–H and O–H groups in total. The molecule has 1 saturated heterocycles. The summed E-state index contributed by atoms with van der Waals surface area (Å²) >= 11 is 7.13. The minimum Gasteiger partial charge on any atom is -0.488 e. The average molecular weight is 508 g/mol. The van der Waals surface area contributed by atoms with E-state index in [1.165, 1.54) is 12.1 Å². The van der Waals surface area contributed by atoms with Gasteiger partial charge in [-0.1, -0.05) is 0 Å². The third kappa shape index (κ3) is 4.10. The molecule has 0 aromatic heterocycles. The van der Waals surface area contributed by atoms with E-state index in [9.17, 15) is 18.0 Å². The number of aliphatic hydroxyl groups is 1. The highest BCUT2D eigenvalue weighted by Crippen LogP contribution is 2.43. The summed E-state index contributed by atoms with van der Waals surface area (Å²) in [6, 6.07) is 9.98. The summed E-state index contributed by atoms with van der Waals surface area (Å²) in [4.78, 5) is 16.9. The van der Waals surface area contributed by atoms with Crippen LogP contribution in [0.25, 0.3) is 0 Å². The van der Waals surface area contributed by atoms with Crippen LogP contribution in [0, 0.1) is 11.3 Å². The second-order valence-corrected chi connectivity index (χ2v) is 9.78. The average Bonchev–Trinajstić information content (AvgIpc) is 2.96. The number of halogens is 3. The number of thioether (sulfide) groups is 1. The van der Waals surface area contributed by atoms with Crippen LogP contribution in [0.5, 0.6) is 5.75 Å². The lowest BCUT2D eigenvalue weighted by atomic mass is 10.0. The first-order valence-electron chi connectivity index (χ1n) is 10.3. The summed E-state index contributed by atoms with van der Waals surface area (Å²) in [5.41, 5.74) is -2.28. The smallest absolute Gasteiger partial charge is 0.417 e. The first kappa shape index (κ1) is 24.3. The van der Waals surface area contributed by atoms with Crippen LogP contribution in [0.15, 0.2) is 41.3 Å². The molecule has 0 aliphatic carbocycles. The number of carbonyl (C=O) groups is 1. The summed E-state index contributed by atoms with van der Waals surface area (Å²) in [6.45, 7) is 3.32. The quantitative estimate of drug-likeness (QED) is 0.600. The molecule has 11 heteroatoms. The number of ether oxygens (including phenoxy) is 1. The Bertz CT molecular complexity index is 1210. The number of hydrogen-bond acceptors (Lipinski definition) is 6. The van der Waals surface area contributed by atoms with Crippen molar-refractivity contribution >= 4 is 46.4 Å². The van der Waals surface area contributed by atoms with Crippen molar-refractivity contribution in [2.75, 3.05) is 22.2 Å². The number of aliphatic hydroxyl groups excluding tert-OH is 1. The molecule has 6 nitrogen and oxygen atoms in total. The van der Waals surface area contributed by atoms with E-state index in [-0.39, 0.29) is 23.5 Å². The molecule has 2 aromatic rings. The zero-order valence-electron chi connectivity index (χ0n) is 18.2. The Balaban J connectivity index is 1.71. The molecule has 34 heavy (non-hydrogen) atoms. The Morgan fingerprint density at radius 3 is 2.62 bits per heavy atom. The van der Waals surface area contributed by atoms with Crippen molar-refractivity contribution in [1.29, 1.82) is 5.26 Å². The number of alkyl halides is 3. The lowest BCUT2D eigenvalue weighted by Crippen LogP contribution is -2.44. The number of rotatable bonds is 4. The van der Waals surface area contributed by atoms with Crippen LogP contribution in [0.2, 0.25) is 0 Å². The number of thiocarbonyl (C=S) groups is 1. The molecule has 0 spiro atoms. The normalized spacial score (nSPS) is 19.6. The number of fused-ring (bicyclic) bond motifs is 1. The van der Waals surface area contributed by atoms with Crippen LogP contribution in [-0.4, -0.2) is 40.1 Å². The van der Waals surface area contributed by atoms with Crippen molar-refractivity contribution in [2.24, 2.45) is 0 Å². The van der Waals surface area contributed by atoms with Crippen LogP contribution in [0.4, 0.5) is 24.5 Å². The molecular formula is C23H20F3N3O3S2. The molecule has 0 radical (unpaired) electrons. The molecule has 1 atom stereocenters. The standard InChI is InChI=1S/C23H20F3N3O3S2/c1-22(2)20(31)28(14-4-3-13(11-27)17(9-14)23(24,25)26)21(33)29(22)15-5-6-18-19(10-15)34-12-16(32-18)7-8-30/h3-6,9-10,16,30H,7-8,12H2,1-2H3/t16-/m0/s1. The number of nitrogens with zero attached hydrogens (tertiary/aromatic N) is 3. The van der Waals surface area contributed by atoms with E-state index in [0.29, 0.717) is 23.6 Å². The van der Waals surface area contributed by atoms with Gasteiger partial charge in [-0.2, -0.15) is 18.4 Å². The second kappa shape index (κ2) is 8.76. The molecule has 178 valence electrons. The largest absolute Gasteiger partial charge is 0.488 e. The molecule has 2 heterocycles. The third-order valence-electron chi connectivity index (χ3n) is 5.71. The van der Waals surface area contributed by atoms with Gasteiger partial charge in [0.15, 0.2) is 5.11 Å². The minimum atomic E-state index is -4.76. The van der Waals surface area contributed by atoms with E-state index in [1.807, 2.05) is 6.07 Å². The highest BCUT2D eigenvalue weighted by Gasteiger charge is 2.51. The Morgan fingerprint density at radius 1 is 1.26 bits per heavy atom. The van der Waals surface area contributed by atoms with Gasteiger partial charge >= 0.3 is 6.18 Å². The van der Waals surface area contributed by atoms with Gasteiger partial charge in [0.1, 0.15) is 17.4 Å². The fourth-order valence-corrected chi connectivity index (χ4v) is 5.57. The van der Waals surface area contributed by atoms with E-state index >= 15 is 0 Å². The van der Waals surface area contributed by atoms with E-state index in [4.69, 9.17) is 27.3 Å². The number of nitriles is 1. The van der Waals surface area contributed by atoms with Crippen molar-refractivity contribution in [3.8, 4) is 11.8 Å². The molecule has 1 fully saturated rings. The molecule has 0 bridgehead atoms. The van der Waals surface area contributed by atoms with Crippen LogP contribution in [-0.2, 0) is 11.0 Å². The Morgan fingerprint density at radius 2 is 1.97 bits per heavy atom. The van der Waals surface area contributed by atoms with Crippen molar-refractivity contribution in [3.05, 3.63) is 47.5 Å². The van der Waals surface area contributed by atoms with Gasteiger partial charge in [0, 0.05) is 24.5 Å². The molecule has 2 aromatic carbocycles. The van der Waals surface area contributed by atoms with Gasteiger partial charge < -0.3 is 14.7 Å². The van der Waals surface area contributed by atoms with Crippen molar-refractivity contribution in [2.45, 2.75) is 43.0 Å². The third-order valence-corrected chi connectivity index (χ3v) is 7.24. The van der Waals surface area contributed by atoms with E-state index < -0.39 is 28.7 Å². The van der Waals surface area contributed by atoms with Crippen LogP contribution < -0.4 is 14.5 Å². The molecule has 1 amide bonds. The topological polar surface area (TPSA) is 76.8 Å². The monoisotopic (exact) mass is 507 g/mol. The van der Waals surface area contributed by atoms with Gasteiger partial charge in [-0.25, -0.2) is 0 Å². The fourth-order valence-electron chi connectivity index (χ4n) is 3.99.